The van der Waals surface area contributed by atoms with Crippen LogP contribution in [0, 0.1) is 17.6 Å². The number of hydrogen-bond acceptors (Lipinski definition) is 4. The summed E-state index contributed by atoms with van der Waals surface area (Å²) >= 11 is 0. The average Bonchev–Trinajstić information content (AvgIpc) is 3.32. The third-order valence-corrected chi connectivity index (χ3v) is 6.09. The number of hydrogen-bond donors (Lipinski definition) is 1. The van der Waals surface area contributed by atoms with Crippen molar-refractivity contribution in [2.24, 2.45) is 5.92 Å². The molecule has 1 heterocycles. The molecule has 0 unspecified atom stereocenters. The van der Waals surface area contributed by atoms with Crippen LogP contribution in [0.15, 0.2) is 89.3 Å². The molecule has 0 saturated heterocycles. The molecule has 0 aliphatic rings. The first kappa shape index (κ1) is 25.6. The van der Waals surface area contributed by atoms with Gasteiger partial charge in [-0.25, -0.2) is 8.78 Å². The maximum absolute atomic E-state index is 14.1. The summed E-state index contributed by atoms with van der Waals surface area (Å²) in [6.45, 7) is 6.24. The van der Waals surface area contributed by atoms with Gasteiger partial charge in [0.05, 0.1) is 13.7 Å². The quantitative estimate of drug-likeness (QED) is 0.275. The van der Waals surface area contributed by atoms with Gasteiger partial charge >= 0.3 is 0 Å². The largest absolute Gasteiger partial charge is 0.496 e. The van der Waals surface area contributed by atoms with Gasteiger partial charge in [-0.2, -0.15) is 0 Å². The maximum Gasteiger partial charge on any atom is 0.173 e. The molecule has 0 saturated carbocycles. The zero-order chi connectivity index (χ0) is 25.7. The van der Waals surface area contributed by atoms with E-state index < -0.39 is 17.2 Å². The number of para-hydroxylation sites is 1. The van der Waals surface area contributed by atoms with Crippen molar-refractivity contribution in [1.82, 2.24) is 4.90 Å². The highest BCUT2D eigenvalue weighted by Crippen LogP contribution is 2.38. The monoisotopic (exact) mass is 491 g/mol. The fourth-order valence-electron chi connectivity index (χ4n) is 4.53. The highest BCUT2D eigenvalue weighted by Gasteiger charge is 2.38. The van der Waals surface area contributed by atoms with Crippen LogP contribution in [0.25, 0.3) is 0 Å². The molecule has 0 atom stereocenters. The SMILES string of the molecule is COc1ccccc1CN(Cc1ccc(C(O)(c2cccc(F)c2)c2cccc(F)c2)o1)CC(C)C. The molecule has 6 heteroatoms. The minimum Gasteiger partial charge on any atom is -0.496 e. The molecule has 0 fully saturated rings. The third kappa shape index (κ3) is 5.66. The lowest BCUT2D eigenvalue weighted by atomic mass is 9.84. The van der Waals surface area contributed by atoms with E-state index >= 15 is 0 Å². The first-order chi connectivity index (χ1) is 17.3. The van der Waals surface area contributed by atoms with E-state index in [1.165, 1.54) is 36.4 Å². The van der Waals surface area contributed by atoms with Crippen LogP contribution in [0.2, 0.25) is 0 Å². The Hall–Kier alpha value is -3.48. The van der Waals surface area contributed by atoms with E-state index in [-0.39, 0.29) is 16.9 Å². The van der Waals surface area contributed by atoms with Crippen molar-refractivity contribution in [3.05, 3.63) is 125 Å². The molecule has 1 N–H and O–H groups in total. The minimum absolute atomic E-state index is 0.190. The maximum atomic E-state index is 14.1. The first-order valence-electron chi connectivity index (χ1n) is 12.0. The Labute approximate surface area is 210 Å². The number of nitrogens with zero attached hydrogens (tertiary/aromatic N) is 1. The number of methoxy groups -OCH3 is 1. The summed E-state index contributed by atoms with van der Waals surface area (Å²) in [5.74, 6) is 1.04. The van der Waals surface area contributed by atoms with Crippen molar-refractivity contribution in [2.45, 2.75) is 32.5 Å². The summed E-state index contributed by atoms with van der Waals surface area (Å²) in [4.78, 5) is 2.24. The topological polar surface area (TPSA) is 45.8 Å². The summed E-state index contributed by atoms with van der Waals surface area (Å²) in [6, 6.07) is 22.6. The molecule has 0 bridgehead atoms. The predicted octanol–water partition coefficient (Wildman–Crippen LogP) is 6.51. The van der Waals surface area contributed by atoms with Gasteiger partial charge in [-0.1, -0.05) is 56.3 Å². The van der Waals surface area contributed by atoms with E-state index in [4.69, 9.17) is 9.15 Å². The molecule has 0 aliphatic heterocycles. The van der Waals surface area contributed by atoms with Gasteiger partial charge in [0.1, 0.15) is 28.9 Å². The number of aliphatic hydroxyl groups is 1. The van der Waals surface area contributed by atoms with Gasteiger partial charge < -0.3 is 14.3 Å². The Kier molecular flexibility index (Phi) is 7.87. The fraction of sp³-hybridized carbons (Fsp3) is 0.267. The number of rotatable bonds is 10. The van der Waals surface area contributed by atoms with Crippen molar-refractivity contribution in [3.8, 4) is 5.75 Å². The summed E-state index contributed by atoms with van der Waals surface area (Å²) in [5.41, 5.74) is -0.305. The molecule has 36 heavy (non-hydrogen) atoms. The van der Waals surface area contributed by atoms with Crippen LogP contribution in [0.4, 0.5) is 8.78 Å². The standard InChI is InChI=1S/C30H31F2NO3/c1-21(2)18-33(19-22-8-4-5-13-28(22)35-3)20-27-14-15-29(36-27)30(34,23-9-6-11-25(31)16-23)24-10-7-12-26(32)17-24/h4-17,21,34H,18-20H2,1-3H3. The molecule has 188 valence electrons. The molecule has 3 aromatic carbocycles. The smallest absolute Gasteiger partial charge is 0.173 e. The second kappa shape index (κ2) is 11.1. The molecule has 4 rings (SSSR count). The van der Waals surface area contributed by atoms with Gasteiger partial charge in [0, 0.05) is 18.7 Å². The summed E-state index contributed by atoms with van der Waals surface area (Å²) in [5, 5.41) is 11.9. The van der Waals surface area contributed by atoms with Crippen LogP contribution >= 0.6 is 0 Å². The summed E-state index contributed by atoms with van der Waals surface area (Å²) in [7, 11) is 1.66. The minimum atomic E-state index is -1.87. The van der Waals surface area contributed by atoms with Crippen molar-refractivity contribution < 1.29 is 23.0 Å². The number of halogens is 2. The van der Waals surface area contributed by atoms with E-state index in [2.05, 4.69) is 18.7 Å². The average molecular weight is 492 g/mol. The van der Waals surface area contributed by atoms with Gasteiger partial charge in [-0.3, -0.25) is 4.90 Å². The van der Waals surface area contributed by atoms with Crippen LogP contribution in [0.5, 0.6) is 5.75 Å². The van der Waals surface area contributed by atoms with Crippen LogP contribution in [-0.2, 0) is 18.7 Å². The molecule has 0 spiro atoms. The number of ether oxygens (including phenoxy) is 1. The molecule has 0 amide bonds. The Morgan fingerprint density at radius 2 is 1.50 bits per heavy atom. The number of benzene rings is 3. The number of furan rings is 1. The second-order valence-corrected chi connectivity index (χ2v) is 9.37. The van der Waals surface area contributed by atoms with Gasteiger partial charge in [0.2, 0.25) is 0 Å². The zero-order valence-corrected chi connectivity index (χ0v) is 20.7. The Balaban J connectivity index is 1.68. The lowest BCUT2D eigenvalue weighted by molar-refractivity contribution is 0.0941. The van der Waals surface area contributed by atoms with Crippen molar-refractivity contribution >= 4 is 0 Å². The van der Waals surface area contributed by atoms with Crippen LogP contribution < -0.4 is 4.74 Å². The highest BCUT2D eigenvalue weighted by atomic mass is 19.1. The second-order valence-electron chi connectivity index (χ2n) is 9.37. The molecule has 4 aromatic rings. The van der Waals surface area contributed by atoms with E-state index in [1.807, 2.05) is 24.3 Å². The molecule has 0 aliphatic carbocycles. The lowest BCUT2D eigenvalue weighted by Crippen LogP contribution is -2.29. The Morgan fingerprint density at radius 1 is 0.861 bits per heavy atom. The Bertz CT molecular complexity index is 1260. The summed E-state index contributed by atoms with van der Waals surface area (Å²) in [6.07, 6.45) is 0. The van der Waals surface area contributed by atoms with E-state index in [0.29, 0.717) is 24.8 Å². The lowest BCUT2D eigenvalue weighted by Gasteiger charge is -2.28. The normalized spacial score (nSPS) is 11.9. The zero-order valence-electron chi connectivity index (χ0n) is 20.7. The van der Waals surface area contributed by atoms with Crippen molar-refractivity contribution in [2.75, 3.05) is 13.7 Å². The van der Waals surface area contributed by atoms with E-state index in [9.17, 15) is 13.9 Å². The van der Waals surface area contributed by atoms with Crippen LogP contribution in [0.3, 0.4) is 0 Å². The molecule has 4 nitrogen and oxygen atoms in total. The van der Waals surface area contributed by atoms with Crippen LogP contribution in [-0.4, -0.2) is 23.7 Å². The van der Waals surface area contributed by atoms with Gasteiger partial charge in [0.15, 0.2) is 5.60 Å². The van der Waals surface area contributed by atoms with E-state index in [1.54, 1.807) is 31.4 Å². The van der Waals surface area contributed by atoms with Gasteiger partial charge in [-0.05, 0) is 59.5 Å². The molecular formula is C30H31F2NO3. The van der Waals surface area contributed by atoms with Gasteiger partial charge in [-0.15, -0.1) is 0 Å². The Morgan fingerprint density at radius 3 is 2.08 bits per heavy atom. The van der Waals surface area contributed by atoms with E-state index in [0.717, 1.165) is 17.9 Å². The third-order valence-electron chi connectivity index (χ3n) is 6.09. The summed E-state index contributed by atoms with van der Waals surface area (Å²) < 4.78 is 40.0. The van der Waals surface area contributed by atoms with Crippen LogP contribution in [0.1, 0.15) is 42.1 Å². The fourth-order valence-corrected chi connectivity index (χ4v) is 4.53. The first-order valence-corrected chi connectivity index (χ1v) is 12.0. The highest BCUT2D eigenvalue weighted by molar-refractivity contribution is 5.44. The van der Waals surface area contributed by atoms with Gasteiger partial charge in [0.25, 0.3) is 0 Å². The predicted molar refractivity (Wildman–Crippen MR) is 136 cm³/mol. The van der Waals surface area contributed by atoms with Crippen molar-refractivity contribution in [1.29, 1.82) is 0 Å². The molecule has 1 aromatic heterocycles. The molecule has 0 radical (unpaired) electrons. The van der Waals surface area contributed by atoms with Crippen molar-refractivity contribution in [3.63, 3.8) is 0 Å². The molecular weight excluding hydrogens is 460 g/mol.